The van der Waals surface area contributed by atoms with Gasteiger partial charge in [-0.15, -0.1) is 0 Å². The Bertz CT molecular complexity index is 523. The van der Waals surface area contributed by atoms with Gasteiger partial charge in [0.25, 0.3) is 5.91 Å². The zero-order valence-electron chi connectivity index (χ0n) is 13.8. The quantitative estimate of drug-likeness (QED) is 0.839. The number of carbonyl (C=O) groups excluding carboxylic acids is 1. The summed E-state index contributed by atoms with van der Waals surface area (Å²) in [5.41, 5.74) is 0.731. The van der Waals surface area contributed by atoms with Gasteiger partial charge in [-0.2, -0.15) is 0 Å². The third-order valence-corrected chi connectivity index (χ3v) is 4.30. The van der Waals surface area contributed by atoms with E-state index < -0.39 is 0 Å². The normalized spacial score (nSPS) is 16.9. The molecule has 1 fully saturated rings. The van der Waals surface area contributed by atoms with Crippen LogP contribution in [0.5, 0.6) is 11.5 Å². The van der Waals surface area contributed by atoms with Crippen molar-refractivity contribution in [1.82, 2.24) is 4.90 Å². The van der Waals surface area contributed by atoms with Crippen LogP contribution < -0.4 is 9.47 Å². The SMILES string of the molecule is COc1ccc(C(=O)N(C)CC2(C)CCOCC2)cc1OC. The number of rotatable bonds is 5. The topological polar surface area (TPSA) is 48.0 Å². The van der Waals surface area contributed by atoms with Crippen LogP contribution in [0.4, 0.5) is 0 Å². The highest BCUT2D eigenvalue weighted by molar-refractivity contribution is 5.94. The molecule has 1 aliphatic rings. The number of benzene rings is 1. The van der Waals surface area contributed by atoms with E-state index in [-0.39, 0.29) is 11.3 Å². The van der Waals surface area contributed by atoms with Crippen LogP contribution in [0.25, 0.3) is 0 Å². The first-order valence-electron chi connectivity index (χ1n) is 7.54. The summed E-state index contributed by atoms with van der Waals surface area (Å²) in [6.45, 7) is 4.49. The molecule has 1 aromatic rings. The highest BCUT2D eigenvalue weighted by Crippen LogP contribution is 2.32. The van der Waals surface area contributed by atoms with Crippen molar-refractivity contribution in [3.63, 3.8) is 0 Å². The molecule has 0 spiro atoms. The highest BCUT2D eigenvalue weighted by Gasteiger charge is 2.30. The van der Waals surface area contributed by atoms with E-state index in [9.17, 15) is 4.79 Å². The first-order chi connectivity index (χ1) is 10.5. The molecule has 1 heterocycles. The molecule has 1 amide bonds. The van der Waals surface area contributed by atoms with E-state index in [4.69, 9.17) is 14.2 Å². The molecule has 5 heteroatoms. The molecule has 2 rings (SSSR count). The number of hydrogen-bond donors (Lipinski definition) is 0. The highest BCUT2D eigenvalue weighted by atomic mass is 16.5. The van der Waals surface area contributed by atoms with Crippen molar-refractivity contribution >= 4 is 5.91 Å². The Morgan fingerprint density at radius 3 is 2.45 bits per heavy atom. The van der Waals surface area contributed by atoms with E-state index in [0.29, 0.717) is 17.1 Å². The van der Waals surface area contributed by atoms with Crippen LogP contribution in [0.1, 0.15) is 30.1 Å². The van der Waals surface area contributed by atoms with Gasteiger partial charge in [0, 0.05) is 32.4 Å². The monoisotopic (exact) mass is 307 g/mol. The molecular formula is C17H25NO4. The summed E-state index contributed by atoms with van der Waals surface area (Å²) in [4.78, 5) is 14.4. The van der Waals surface area contributed by atoms with Crippen LogP contribution in [-0.2, 0) is 4.74 Å². The lowest BCUT2D eigenvalue weighted by molar-refractivity contribution is 0.00916. The Hall–Kier alpha value is -1.75. The first-order valence-corrected chi connectivity index (χ1v) is 7.54. The van der Waals surface area contributed by atoms with Gasteiger partial charge < -0.3 is 19.1 Å². The summed E-state index contributed by atoms with van der Waals surface area (Å²) in [6, 6.07) is 5.26. The maximum absolute atomic E-state index is 12.6. The number of ether oxygens (including phenoxy) is 3. The summed E-state index contributed by atoms with van der Waals surface area (Å²) >= 11 is 0. The Labute approximate surface area is 132 Å². The predicted molar refractivity (Wildman–Crippen MR) is 84.7 cm³/mol. The van der Waals surface area contributed by atoms with E-state index in [1.54, 1.807) is 37.3 Å². The average Bonchev–Trinajstić information content (AvgIpc) is 2.53. The van der Waals surface area contributed by atoms with Crippen molar-refractivity contribution < 1.29 is 19.0 Å². The first kappa shape index (κ1) is 16.6. The summed E-state index contributed by atoms with van der Waals surface area (Å²) < 4.78 is 15.9. The molecule has 1 aromatic carbocycles. The fourth-order valence-corrected chi connectivity index (χ4v) is 2.86. The second-order valence-corrected chi connectivity index (χ2v) is 6.15. The number of amides is 1. The number of nitrogens with zero attached hydrogens (tertiary/aromatic N) is 1. The van der Waals surface area contributed by atoms with Gasteiger partial charge in [-0.1, -0.05) is 6.92 Å². The molecular weight excluding hydrogens is 282 g/mol. The molecule has 0 atom stereocenters. The van der Waals surface area contributed by atoms with E-state index >= 15 is 0 Å². The molecule has 0 aromatic heterocycles. The minimum Gasteiger partial charge on any atom is -0.493 e. The summed E-state index contributed by atoms with van der Waals surface area (Å²) in [5.74, 6) is 1.19. The maximum Gasteiger partial charge on any atom is 0.253 e. The molecule has 0 N–H and O–H groups in total. The van der Waals surface area contributed by atoms with E-state index in [2.05, 4.69) is 6.92 Å². The van der Waals surface area contributed by atoms with Crippen LogP contribution in [0.3, 0.4) is 0 Å². The molecule has 122 valence electrons. The fraction of sp³-hybridized carbons (Fsp3) is 0.588. The molecule has 1 saturated heterocycles. The van der Waals surface area contributed by atoms with Gasteiger partial charge in [0.1, 0.15) is 0 Å². The minimum absolute atomic E-state index is 0.00586. The molecule has 0 radical (unpaired) electrons. The molecule has 0 unspecified atom stereocenters. The third kappa shape index (κ3) is 3.71. The van der Waals surface area contributed by atoms with Crippen LogP contribution in [0.15, 0.2) is 18.2 Å². The van der Waals surface area contributed by atoms with Crippen LogP contribution in [0.2, 0.25) is 0 Å². The van der Waals surface area contributed by atoms with Gasteiger partial charge in [0.05, 0.1) is 14.2 Å². The van der Waals surface area contributed by atoms with E-state index in [1.807, 2.05) is 7.05 Å². The zero-order chi connectivity index (χ0) is 16.2. The van der Waals surface area contributed by atoms with Gasteiger partial charge in [-0.05, 0) is 36.5 Å². The second kappa shape index (κ2) is 7.01. The zero-order valence-corrected chi connectivity index (χ0v) is 13.8. The van der Waals surface area contributed by atoms with E-state index in [1.165, 1.54) is 0 Å². The maximum atomic E-state index is 12.6. The van der Waals surface area contributed by atoms with Crippen molar-refractivity contribution in [2.75, 3.05) is 41.0 Å². The molecule has 0 aliphatic carbocycles. The van der Waals surface area contributed by atoms with Crippen molar-refractivity contribution in [2.24, 2.45) is 5.41 Å². The number of methoxy groups -OCH3 is 2. The lowest BCUT2D eigenvalue weighted by Gasteiger charge is -2.36. The lowest BCUT2D eigenvalue weighted by atomic mass is 9.82. The summed E-state index contributed by atoms with van der Waals surface area (Å²) in [7, 11) is 5.00. The summed E-state index contributed by atoms with van der Waals surface area (Å²) in [6.07, 6.45) is 1.97. The molecule has 0 saturated carbocycles. The van der Waals surface area contributed by atoms with Gasteiger partial charge in [0.2, 0.25) is 0 Å². The third-order valence-electron chi connectivity index (χ3n) is 4.30. The van der Waals surface area contributed by atoms with Gasteiger partial charge in [-0.3, -0.25) is 4.79 Å². The van der Waals surface area contributed by atoms with Gasteiger partial charge in [-0.25, -0.2) is 0 Å². The van der Waals surface area contributed by atoms with Gasteiger partial charge >= 0.3 is 0 Å². The molecule has 22 heavy (non-hydrogen) atoms. The van der Waals surface area contributed by atoms with Crippen LogP contribution >= 0.6 is 0 Å². The van der Waals surface area contributed by atoms with Crippen LogP contribution in [0, 0.1) is 5.41 Å². The van der Waals surface area contributed by atoms with Crippen molar-refractivity contribution in [1.29, 1.82) is 0 Å². The second-order valence-electron chi connectivity index (χ2n) is 6.15. The Kier molecular flexibility index (Phi) is 5.29. The van der Waals surface area contributed by atoms with Crippen molar-refractivity contribution in [2.45, 2.75) is 19.8 Å². The van der Waals surface area contributed by atoms with Crippen LogP contribution in [-0.4, -0.2) is 51.8 Å². The number of hydrogen-bond acceptors (Lipinski definition) is 4. The smallest absolute Gasteiger partial charge is 0.253 e. The minimum atomic E-state index is -0.00586. The molecule has 0 bridgehead atoms. The largest absolute Gasteiger partial charge is 0.493 e. The number of carbonyl (C=O) groups is 1. The van der Waals surface area contributed by atoms with Crippen molar-refractivity contribution in [3.8, 4) is 11.5 Å². The Morgan fingerprint density at radius 1 is 1.23 bits per heavy atom. The molecule has 1 aliphatic heterocycles. The Morgan fingerprint density at radius 2 is 1.86 bits per heavy atom. The van der Waals surface area contributed by atoms with E-state index in [0.717, 1.165) is 32.6 Å². The fourth-order valence-electron chi connectivity index (χ4n) is 2.86. The average molecular weight is 307 g/mol. The molecule has 5 nitrogen and oxygen atoms in total. The Balaban J connectivity index is 2.10. The lowest BCUT2D eigenvalue weighted by Crippen LogP contribution is -2.40. The van der Waals surface area contributed by atoms with Crippen molar-refractivity contribution in [3.05, 3.63) is 23.8 Å². The van der Waals surface area contributed by atoms with Gasteiger partial charge in [0.15, 0.2) is 11.5 Å². The standard InChI is InChI=1S/C17H25NO4/c1-17(7-9-22-10-8-17)12-18(2)16(19)13-5-6-14(20-3)15(11-13)21-4/h5-6,11H,7-10,12H2,1-4H3. The predicted octanol–water partition coefficient (Wildman–Crippen LogP) is 2.59. The summed E-state index contributed by atoms with van der Waals surface area (Å²) in [5, 5.41) is 0.